The molecule has 0 rings (SSSR count). The van der Waals surface area contributed by atoms with Crippen LogP contribution in [-0.2, 0) is 9.59 Å². The Labute approximate surface area is 111 Å². The summed E-state index contributed by atoms with van der Waals surface area (Å²) in [6, 6.07) is -0.0180. The first-order valence-corrected chi connectivity index (χ1v) is 6.93. The molecule has 0 bridgehead atoms. The highest BCUT2D eigenvalue weighted by Gasteiger charge is 2.30. The van der Waals surface area contributed by atoms with Gasteiger partial charge in [0, 0.05) is 18.6 Å². The van der Waals surface area contributed by atoms with Gasteiger partial charge in [0.05, 0.1) is 0 Å². The SMILES string of the molecule is CCCN(C=O)C(CC)C(=O)N(C(C)C)C(C)C. The predicted molar refractivity (Wildman–Crippen MR) is 74.3 cm³/mol. The third kappa shape index (κ3) is 4.31. The summed E-state index contributed by atoms with van der Waals surface area (Å²) in [7, 11) is 0. The lowest BCUT2D eigenvalue weighted by molar-refractivity contribution is -0.144. The Balaban J connectivity index is 5.02. The lowest BCUT2D eigenvalue weighted by Gasteiger charge is -2.36. The van der Waals surface area contributed by atoms with Crippen molar-refractivity contribution in [1.82, 2.24) is 9.80 Å². The van der Waals surface area contributed by atoms with E-state index in [1.165, 1.54) is 0 Å². The molecule has 106 valence electrons. The fraction of sp³-hybridized carbons (Fsp3) is 0.857. The van der Waals surface area contributed by atoms with Crippen molar-refractivity contribution < 1.29 is 9.59 Å². The van der Waals surface area contributed by atoms with Gasteiger partial charge in [0.25, 0.3) is 0 Å². The van der Waals surface area contributed by atoms with E-state index >= 15 is 0 Å². The number of nitrogens with zero attached hydrogens (tertiary/aromatic N) is 2. The second kappa shape index (κ2) is 8.11. The lowest BCUT2D eigenvalue weighted by atomic mass is 10.1. The second-order valence-electron chi connectivity index (χ2n) is 5.20. The summed E-state index contributed by atoms with van der Waals surface area (Å²) < 4.78 is 0. The zero-order chi connectivity index (χ0) is 14.3. The average molecular weight is 256 g/mol. The van der Waals surface area contributed by atoms with Crippen LogP contribution in [-0.4, -0.2) is 46.8 Å². The van der Waals surface area contributed by atoms with Gasteiger partial charge in [0.2, 0.25) is 12.3 Å². The quantitative estimate of drug-likeness (QED) is 0.625. The lowest BCUT2D eigenvalue weighted by Crippen LogP contribution is -2.52. The Kier molecular flexibility index (Phi) is 7.64. The Hall–Kier alpha value is -1.06. The number of amides is 2. The molecule has 4 heteroatoms. The molecule has 0 saturated heterocycles. The summed E-state index contributed by atoms with van der Waals surface area (Å²) in [5.41, 5.74) is 0. The minimum Gasteiger partial charge on any atom is -0.336 e. The van der Waals surface area contributed by atoms with Crippen molar-refractivity contribution in [2.45, 2.75) is 72.5 Å². The number of carbonyl (C=O) groups is 2. The smallest absolute Gasteiger partial charge is 0.245 e. The molecule has 0 aromatic heterocycles. The summed E-state index contributed by atoms with van der Waals surface area (Å²) in [6.07, 6.45) is 2.33. The van der Waals surface area contributed by atoms with Crippen LogP contribution in [0.4, 0.5) is 0 Å². The molecule has 0 fully saturated rings. The number of hydrogen-bond donors (Lipinski definition) is 0. The van der Waals surface area contributed by atoms with E-state index < -0.39 is 0 Å². The predicted octanol–water partition coefficient (Wildman–Crippen LogP) is 2.28. The van der Waals surface area contributed by atoms with Gasteiger partial charge in [-0.2, -0.15) is 0 Å². The van der Waals surface area contributed by atoms with E-state index in [1.54, 1.807) is 4.90 Å². The summed E-state index contributed by atoms with van der Waals surface area (Å²) in [6.45, 7) is 12.6. The van der Waals surface area contributed by atoms with Gasteiger partial charge in [-0.05, 0) is 40.5 Å². The second-order valence-corrected chi connectivity index (χ2v) is 5.20. The molecule has 0 aromatic rings. The minimum absolute atomic E-state index is 0.0584. The van der Waals surface area contributed by atoms with Gasteiger partial charge < -0.3 is 9.80 Å². The van der Waals surface area contributed by atoms with Crippen LogP contribution in [0.15, 0.2) is 0 Å². The first-order chi connectivity index (χ1) is 8.40. The van der Waals surface area contributed by atoms with E-state index in [-0.39, 0.29) is 24.0 Å². The standard InChI is InChI=1S/C14H28N2O2/c1-7-9-15(10-17)13(8-2)14(18)16(11(3)4)12(5)6/h10-13H,7-9H2,1-6H3. The van der Waals surface area contributed by atoms with Crippen molar-refractivity contribution in [3.05, 3.63) is 0 Å². The van der Waals surface area contributed by atoms with Gasteiger partial charge in [-0.15, -0.1) is 0 Å². The van der Waals surface area contributed by atoms with Crippen molar-refractivity contribution >= 4 is 12.3 Å². The normalized spacial score (nSPS) is 12.7. The van der Waals surface area contributed by atoms with Gasteiger partial charge >= 0.3 is 0 Å². The van der Waals surface area contributed by atoms with Crippen LogP contribution < -0.4 is 0 Å². The highest BCUT2D eigenvalue weighted by Crippen LogP contribution is 2.13. The molecule has 1 atom stereocenters. The maximum atomic E-state index is 12.6. The first kappa shape index (κ1) is 16.9. The van der Waals surface area contributed by atoms with Crippen molar-refractivity contribution in [3.63, 3.8) is 0 Å². The number of carbonyl (C=O) groups excluding carboxylic acids is 2. The molecule has 0 aliphatic carbocycles. The fourth-order valence-corrected chi connectivity index (χ4v) is 2.37. The average Bonchev–Trinajstić information content (AvgIpc) is 2.27. The molecule has 0 aliphatic heterocycles. The van der Waals surface area contributed by atoms with Crippen LogP contribution in [0.25, 0.3) is 0 Å². The van der Waals surface area contributed by atoms with Crippen LogP contribution in [0.2, 0.25) is 0 Å². The molecule has 0 spiro atoms. The third-order valence-corrected chi connectivity index (χ3v) is 3.06. The molecule has 18 heavy (non-hydrogen) atoms. The molecule has 0 radical (unpaired) electrons. The van der Waals surface area contributed by atoms with Crippen LogP contribution in [0, 0.1) is 0 Å². The van der Waals surface area contributed by atoms with E-state index in [9.17, 15) is 9.59 Å². The monoisotopic (exact) mass is 256 g/mol. The molecular weight excluding hydrogens is 228 g/mol. The zero-order valence-corrected chi connectivity index (χ0v) is 12.6. The molecule has 1 unspecified atom stereocenters. The Morgan fingerprint density at radius 1 is 1.11 bits per heavy atom. The van der Waals surface area contributed by atoms with Gasteiger partial charge in [-0.25, -0.2) is 0 Å². The molecular formula is C14H28N2O2. The highest BCUT2D eigenvalue weighted by atomic mass is 16.2. The molecule has 0 aliphatic rings. The Morgan fingerprint density at radius 2 is 1.61 bits per heavy atom. The molecule has 0 heterocycles. The summed E-state index contributed by atoms with van der Waals surface area (Å²) in [5, 5.41) is 0. The molecule has 0 aromatic carbocycles. The first-order valence-electron chi connectivity index (χ1n) is 6.93. The molecule has 0 saturated carbocycles. The van der Waals surface area contributed by atoms with Crippen LogP contribution in [0.3, 0.4) is 0 Å². The van der Waals surface area contributed by atoms with E-state index in [1.807, 2.05) is 46.4 Å². The minimum atomic E-state index is -0.327. The van der Waals surface area contributed by atoms with Crippen molar-refractivity contribution in [3.8, 4) is 0 Å². The Bertz CT molecular complexity index is 257. The topological polar surface area (TPSA) is 40.6 Å². The van der Waals surface area contributed by atoms with Crippen molar-refractivity contribution in [1.29, 1.82) is 0 Å². The largest absolute Gasteiger partial charge is 0.336 e. The summed E-state index contributed by atoms with van der Waals surface area (Å²) in [4.78, 5) is 27.2. The maximum Gasteiger partial charge on any atom is 0.245 e. The highest BCUT2D eigenvalue weighted by molar-refractivity contribution is 5.84. The van der Waals surface area contributed by atoms with Crippen LogP contribution in [0.5, 0.6) is 0 Å². The van der Waals surface area contributed by atoms with Gasteiger partial charge in [-0.1, -0.05) is 13.8 Å². The van der Waals surface area contributed by atoms with E-state index in [0.717, 1.165) is 12.8 Å². The van der Waals surface area contributed by atoms with Crippen LogP contribution in [0.1, 0.15) is 54.4 Å². The van der Waals surface area contributed by atoms with Gasteiger partial charge in [0.15, 0.2) is 0 Å². The Morgan fingerprint density at radius 3 is 1.89 bits per heavy atom. The zero-order valence-electron chi connectivity index (χ0n) is 12.6. The van der Waals surface area contributed by atoms with Crippen LogP contribution >= 0.6 is 0 Å². The van der Waals surface area contributed by atoms with Crippen molar-refractivity contribution in [2.75, 3.05) is 6.54 Å². The summed E-state index contributed by atoms with van der Waals surface area (Å²) >= 11 is 0. The van der Waals surface area contributed by atoms with E-state index in [2.05, 4.69) is 0 Å². The number of rotatable bonds is 8. The van der Waals surface area contributed by atoms with Crippen molar-refractivity contribution in [2.24, 2.45) is 0 Å². The fourth-order valence-electron chi connectivity index (χ4n) is 2.37. The maximum absolute atomic E-state index is 12.6. The van der Waals surface area contributed by atoms with Gasteiger partial charge in [0.1, 0.15) is 6.04 Å². The van der Waals surface area contributed by atoms with Gasteiger partial charge in [-0.3, -0.25) is 9.59 Å². The summed E-state index contributed by atoms with van der Waals surface area (Å²) in [5.74, 6) is 0.0584. The van der Waals surface area contributed by atoms with E-state index in [0.29, 0.717) is 13.0 Å². The molecule has 2 amide bonds. The third-order valence-electron chi connectivity index (χ3n) is 3.06. The molecule has 4 nitrogen and oxygen atoms in total. The molecule has 0 N–H and O–H groups in total. The number of hydrogen-bond acceptors (Lipinski definition) is 2. The van der Waals surface area contributed by atoms with E-state index in [4.69, 9.17) is 0 Å².